The highest BCUT2D eigenvalue weighted by atomic mass is 32.2. The Morgan fingerprint density at radius 2 is 2.04 bits per heavy atom. The van der Waals surface area contributed by atoms with Crippen LogP contribution in [0.15, 0.2) is 57.5 Å². The van der Waals surface area contributed by atoms with Crippen LogP contribution in [0, 0.1) is 5.92 Å². The maximum Gasteiger partial charge on any atom is 0.258 e. The molecule has 0 atom stereocenters. The van der Waals surface area contributed by atoms with E-state index in [-0.39, 0.29) is 5.91 Å². The molecule has 134 valence electrons. The topological polar surface area (TPSA) is 68.0 Å². The van der Waals surface area contributed by atoms with Gasteiger partial charge >= 0.3 is 0 Å². The number of nitrogens with zero attached hydrogens (tertiary/aromatic N) is 2. The third kappa shape index (κ3) is 5.06. The van der Waals surface area contributed by atoms with Gasteiger partial charge in [-0.15, -0.1) is 10.2 Å². The molecule has 0 aliphatic heterocycles. The van der Waals surface area contributed by atoms with Gasteiger partial charge in [-0.05, 0) is 29.7 Å². The molecule has 0 radical (unpaired) electrons. The SMILES string of the molecule is CC(C)CSc1nnc(NC(=O)/C(=C/c2ccco2)c2ccccc2)s1. The van der Waals surface area contributed by atoms with Crippen LogP contribution in [0.5, 0.6) is 0 Å². The van der Waals surface area contributed by atoms with E-state index in [2.05, 4.69) is 29.4 Å². The van der Waals surface area contributed by atoms with Crippen molar-refractivity contribution in [2.24, 2.45) is 5.92 Å². The Kier molecular flexibility index (Phi) is 6.25. The summed E-state index contributed by atoms with van der Waals surface area (Å²) in [5.74, 6) is 1.91. The van der Waals surface area contributed by atoms with Gasteiger partial charge < -0.3 is 4.42 Å². The fourth-order valence-electron chi connectivity index (χ4n) is 2.13. The van der Waals surface area contributed by atoms with E-state index in [0.717, 1.165) is 15.7 Å². The lowest BCUT2D eigenvalue weighted by molar-refractivity contribution is -0.111. The highest BCUT2D eigenvalue weighted by Gasteiger charge is 2.16. The van der Waals surface area contributed by atoms with Gasteiger partial charge in [0.25, 0.3) is 5.91 Å². The van der Waals surface area contributed by atoms with Crippen LogP contribution < -0.4 is 5.32 Å². The number of hydrogen-bond acceptors (Lipinski definition) is 6. The van der Waals surface area contributed by atoms with Crippen LogP contribution >= 0.6 is 23.1 Å². The Hall–Kier alpha value is -2.38. The Morgan fingerprint density at radius 1 is 1.23 bits per heavy atom. The Morgan fingerprint density at radius 3 is 2.73 bits per heavy atom. The smallest absolute Gasteiger partial charge is 0.258 e. The molecule has 0 unspecified atom stereocenters. The third-order valence-corrected chi connectivity index (χ3v) is 5.73. The van der Waals surface area contributed by atoms with E-state index in [1.807, 2.05) is 36.4 Å². The second-order valence-electron chi connectivity index (χ2n) is 5.97. The highest BCUT2D eigenvalue weighted by molar-refractivity contribution is 8.01. The van der Waals surface area contributed by atoms with Crippen molar-refractivity contribution in [3.63, 3.8) is 0 Å². The molecule has 7 heteroatoms. The molecule has 0 spiro atoms. The fraction of sp³-hybridized carbons (Fsp3) is 0.211. The van der Waals surface area contributed by atoms with Crippen LogP contribution in [0.4, 0.5) is 5.13 Å². The number of aromatic nitrogens is 2. The summed E-state index contributed by atoms with van der Waals surface area (Å²) in [5.41, 5.74) is 1.31. The first-order chi connectivity index (χ1) is 12.6. The summed E-state index contributed by atoms with van der Waals surface area (Å²) in [6, 6.07) is 13.1. The molecule has 2 heterocycles. The van der Waals surface area contributed by atoms with Crippen LogP contribution in [0.1, 0.15) is 25.2 Å². The van der Waals surface area contributed by atoms with Crippen molar-refractivity contribution in [1.82, 2.24) is 10.2 Å². The lowest BCUT2D eigenvalue weighted by atomic mass is 10.0. The number of thioether (sulfide) groups is 1. The summed E-state index contributed by atoms with van der Waals surface area (Å²) in [4.78, 5) is 12.8. The van der Waals surface area contributed by atoms with Gasteiger partial charge in [0, 0.05) is 5.75 Å². The van der Waals surface area contributed by atoms with Crippen LogP contribution in [0.25, 0.3) is 11.6 Å². The zero-order valence-corrected chi connectivity index (χ0v) is 16.1. The lowest BCUT2D eigenvalue weighted by Gasteiger charge is -2.06. The number of carbonyl (C=O) groups excluding carboxylic acids is 1. The minimum absolute atomic E-state index is 0.246. The molecule has 3 rings (SSSR count). The highest BCUT2D eigenvalue weighted by Crippen LogP contribution is 2.28. The predicted molar refractivity (Wildman–Crippen MR) is 107 cm³/mol. The van der Waals surface area contributed by atoms with E-state index < -0.39 is 0 Å². The maximum absolute atomic E-state index is 12.8. The van der Waals surface area contributed by atoms with E-state index in [1.54, 1.807) is 30.2 Å². The maximum atomic E-state index is 12.8. The Labute approximate surface area is 160 Å². The largest absolute Gasteiger partial charge is 0.465 e. The van der Waals surface area contributed by atoms with Crippen LogP contribution in [0.2, 0.25) is 0 Å². The van der Waals surface area contributed by atoms with Crippen molar-refractivity contribution in [3.8, 4) is 0 Å². The van der Waals surface area contributed by atoms with Gasteiger partial charge in [-0.3, -0.25) is 10.1 Å². The molecule has 1 aromatic carbocycles. The number of nitrogens with one attached hydrogen (secondary N) is 1. The van der Waals surface area contributed by atoms with E-state index in [0.29, 0.717) is 22.4 Å². The number of benzene rings is 1. The number of rotatable bonds is 7. The first-order valence-corrected chi connectivity index (χ1v) is 10.0. The van der Waals surface area contributed by atoms with Gasteiger partial charge in [-0.25, -0.2) is 0 Å². The number of carbonyl (C=O) groups is 1. The summed E-state index contributed by atoms with van der Waals surface area (Å²) >= 11 is 3.03. The lowest BCUT2D eigenvalue weighted by Crippen LogP contribution is -2.13. The first-order valence-electron chi connectivity index (χ1n) is 8.20. The summed E-state index contributed by atoms with van der Waals surface area (Å²) in [5, 5.41) is 11.5. The molecule has 0 aliphatic rings. The molecule has 2 aromatic heterocycles. The molecule has 5 nitrogen and oxygen atoms in total. The standard InChI is InChI=1S/C19H19N3O2S2/c1-13(2)12-25-19-22-21-18(26-19)20-17(23)16(11-15-9-6-10-24-15)14-7-4-3-5-8-14/h3-11,13H,12H2,1-2H3,(H,20,21,23)/b16-11+. The van der Waals surface area contributed by atoms with E-state index in [1.165, 1.54) is 11.3 Å². The minimum atomic E-state index is -0.246. The van der Waals surface area contributed by atoms with Gasteiger partial charge in [-0.2, -0.15) is 0 Å². The molecular formula is C19H19N3O2S2. The average Bonchev–Trinajstić information content (AvgIpc) is 3.30. The van der Waals surface area contributed by atoms with Crippen LogP contribution in [0.3, 0.4) is 0 Å². The van der Waals surface area contributed by atoms with Crippen molar-refractivity contribution in [1.29, 1.82) is 0 Å². The first kappa shape index (κ1) is 18.4. The summed E-state index contributed by atoms with van der Waals surface area (Å²) in [7, 11) is 0. The van der Waals surface area contributed by atoms with E-state index in [9.17, 15) is 4.79 Å². The molecular weight excluding hydrogens is 366 g/mol. The second kappa shape index (κ2) is 8.82. The van der Waals surface area contributed by atoms with Gasteiger partial charge in [0.2, 0.25) is 5.13 Å². The van der Waals surface area contributed by atoms with Crippen molar-refractivity contribution in [3.05, 3.63) is 60.1 Å². The fourth-order valence-corrected chi connectivity index (χ4v) is 3.86. The average molecular weight is 386 g/mol. The zero-order valence-electron chi connectivity index (χ0n) is 14.5. The number of anilines is 1. The summed E-state index contributed by atoms with van der Waals surface area (Å²) in [6.45, 7) is 4.31. The predicted octanol–water partition coefficient (Wildman–Crippen LogP) is 5.06. The molecule has 26 heavy (non-hydrogen) atoms. The molecule has 1 N–H and O–H groups in total. The van der Waals surface area contributed by atoms with Crippen molar-refractivity contribution >= 4 is 45.8 Å². The second-order valence-corrected chi connectivity index (χ2v) is 8.22. The zero-order chi connectivity index (χ0) is 18.4. The Bertz CT molecular complexity index is 871. The number of hydrogen-bond donors (Lipinski definition) is 1. The molecule has 0 aliphatic carbocycles. The van der Waals surface area contributed by atoms with Crippen molar-refractivity contribution < 1.29 is 9.21 Å². The van der Waals surface area contributed by atoms with E-state index in [4.69, 9.17) is 4.42 Å². The molecule has 0 bridgehead atoms. The summed E-state index contributed by atoms with van der Waals surface area (Å²) in [6.07, 6.45) is 3.30. The van der Waals surface area contributed by atoms with Gasteiger partial charge in [0.1, 0.15) is 5.76 Å². The molecule has 0 fully saturated rings. The Balaban J connectivity index is 1.78. The quantitative estimate of drug-likeness (QED) is 0.350. The molecule has 0 saturated heterocycles. The van der Waals surface area contributed by atoms with Crippen molar-refractivity contribution in [2.45, 2.75) is 18.2 Å². The molecule has 1 amide bonds. The van der Waals surface area contributed by atoms with Gasteiger partial charge in [-0.1, -0.05) is 67.3 Å². The van der Waals surface area contributed by atoms with Gasteiger partial charge in [0.15, 0.2) is 4.34 Å². The van der Waals surface area contributed by atoms with E-state index >= 15 is 0 Å². The van der Waals surface area contributed by atoms with Crippen LogP contribution in [-0.2, 0) is 4.79 Å². The monoisotopic (exact) mass is 385 g/mol. The van der Waals surface area contributed by atoms with Gasteiger partial charge in [0.05, 0.1) is 11.8 Å². The normalized spacial score (nSPS) is 11.7. The minimum Gasteiger partial charge on any atom is -0.465 e. The van der Waals surface area contributed by atoms with Crippen LogP contribution in [-0.4, -0.2) is 21.9 Å². The number of amides is 1. The summed E-state index contributed by atoms with van der Waals surface area (Å²) < 4.78 is 6.21. The molecule has 0 saturated carbocycles. The molecule has 3 aromatic rings. The number of furan rings is 1. The van der Waals surface area contributed by atoms with Crippen molar-refractivity contribution in [2.75, 3.05) is 11.1 Å². The third-order valence-electron chi connectivity index (χ3n) is 3.33.